The van der Waals surface area contributed by atoms with Crippen LogP contribution in [-0.2, 0) is 6.18 Å². The zero-order valence-electron chi connectivity index (χ0n) is 10.7. The lowest BCUT2D eigenvalue weighted by atomic mass is 10.1. The summed E-state index contributed by atoms with van der Waals surface area (Å²) >= 11 is 4.98. The van der Waals surface area contributed by atoms with E-state index in [1.54, 1.807) is 0 Å². The van der Waals surface area contributed by atoms with E-state index in [2.05, 4.69) is 17.6 Å². The van der Waals surface area contributed by atoms with E-state index in [1.807, 2.05) is 0 Å². The van der Waals surface area contributed by atoms with E-state index in [1.165, 1.54) is 18.2 Å². The van der Waals surface area contributed by atoms with Crippen LogP contribution >= 0.6 is 12.2 Å². The fourth-order valence-electron chi connectivity index (χ4n) is 1.58. The van der Waals surface area contributed by atoms with Gasteiger partial charge in [-0.15, -0.1) is 0 Å². The number of benzene rings is 1. The van der Waals surface area contributed by atoms with Gasteiger partial charge in [-0.2, -0.15) is 13.2 Å². The van der Waals surface area contributed by atoms with Gasteiger partial charge in [-0.3, -0.25) is 0 Å². The van der Waals surface area contributed by atoms with Crippen LogP contribution in [0.1, 0.15) is 31.7 Å². The molecule has 1 aromatic carbocycles. The molecule has 106 valence electrons. The van der Waals surface area contributed by atoms with E-state index in [4.69, 9.17) is 12.2 Å². The molecule has 0 saturated carbocycles. The van der Waals surface area contributed by atoms with Crippen molar-refractivity contribution in [3.8, 4) is 0 Å². The first-order chi connectivity index (χ1) is 8.95. The Hall–Kier alpha value is -1.30. The maximum absolute atomic E-state index is 12.7. The summed E-state index contributed by atoms with van der Waals surface area (Å²) in [7, 11) is 0. The molecule has 0 fully saturated rings. The van der Waals surface area contributed by atoms with Gasteiger partial charge in [0.05, 0.1) is 11.3 Å². The van der Waals surface area contributed by atoms with E-state index >= 15 is 0 Å². The van der Waals surface area contributed by atoms with E-state index in [9.17, 15) is 13.2 Å². The van der Waals surface area contributed by atoms with Crippen molar-refractivity contribution < 1.29 is 13.2 Å². The van der Waals surface area contributed by atoms with Crippen LogP contribution in [0.2, 0.25) is 0 Å². The topological polar surface area (TPSA) is 24.1 Å². The Kier molecular flexibility index (Phi) is 6.08. The zero-order valence-corrected chi connectivity index (χ0v) is 11.5. The molecule has 1 rings (SSSR count). The van der Waals surface area contributed by atoms with Crippen molar-refractivity contribution >= 4 is 23.0 Å². The number of nitrogens with one attached hydrogen (secondary N) is 2. The van der Waals surface area contributed by atoms with Crippen LogP contribution in [0.15, 0.2) is 24.3 Å². The third-order valence-corrected chi connectivity index (χ3v) is 2.79. The minimum Gasteiger partial charge on any atom is -0.362 e. The van der Waals surface area contributed by atoms with E-state index < -0.39 is 11.7 Å². The summed E-state index contributed by atoms with van der Waals surface area (Å²) in [6.45, 7) is 2.74. The fraction of sp³-hybridized carbons (Fsp3) is 0.462. The van der Waals surface area contributed by atoms with Crippen molar-refractivity contribution in [1.82, 2.24) is 5.32 Å². The average Bonchev–Trinajstić information content (AvgIpc) is 2.34. The molecule has 0 unspecified atom stereocenters. The number of para-hydroxylation sites is 1. The molecule has 0 saturated heterocycles. The second kappa shape index (κ2) is 7.33. The Morgan fingerprint density at radius 1 is 1.21 bits per heavy atom. The smallest absolute Gasteiger partial charge is 0.362 e. The highest BCUT2D eigenvalue weighted by molar-refractivity contribution is 7.80. The number of anilines is 1. The first-order valence-electron chi connectivity index (χ1n) is 6.16. The van der Waals surface area contributed by atoms with Crippen LogP contribution < -0.4 is 10.6 Å². The summed E-state index contributed by atoms with van der Waals surface area (Å²) in [5.74, 6) is 0. The Bertz CT molecular complexity index is 419. The van der Waals surface area contributed by atoms with Gasteiger partial charge in [0.1, 0.15) is 0 Å². The van der Waals surface area contributed by atoms with Gasteiger partial charge in [-0.25, -0.2) is 0 Å². The SMILES string of the molecule is CCCCCNC(=S)Nc1ccccc1C(F)(F)F. The molecule has 6 heteroatoms. The summed E-state index contributed by atoms with van der Waals surface area (Å²) in [6, 6.07) is 5.29. The number of unbranched alkanes of at least 4 members (excludes halogenated alkanes) is 2. The second-order valence-electron chi connectivity index (χ2n) is 4.13. The van der Waals surface area contributed by atoms with Crippen molar-refractivity contribution in [2.24, 2.45) is 0 Å². The highest BCUT2D eigenvalue weighted by atomic mass is 32.1. The largest absolute Gasteiger partial charge is 0.418 e. The number of alkyl halides is 3. The molecule has 0 radical (unpaired) electrons. The second-order valence-corrected chi connectivity index (χ2v) is 4.54. The molecule has 0 aliphatic rings. The fourth-order valence-corrected chi connectivity index (χ4v) is 1.79. The standard InChI is InChI=1S/C13H17F3N2S/c1-2-3-6-9-17-12(19)18-11-8-5-4-7-10(11)13(14,15)16/h4-5,7-8H,2-3,6,9H2,1H3,(H2,17,18,19). The first kappa shape index (κ1) is 15.8. The van der Waals surface area contributed by atoms with Gasteiger partial charge in [0, 0.05) is 6.54 Å². The summed E-state index contributed by atoms with van der Waals surface area (Å²) < 4.78 is 38.2. The molecule has 0 aliphatic carbocycles. The van der Waals surface area contributed by atoms with Gasteiger partial charge in [-0.05, 0) is 30.8 Å². The van der Waals surface area contributed by atoms with Crippen molar-refractivity contribution in [2.45, 2.75) is 32.4 Å². The normalized spacial score (nSPS) is 11.2. The molecule has 2 N–H and O–H groups in total. The lowest BCUT2D eigenvalue weighted by molar-refractivity contribution is -0.136. The molecule has 0 aliphatic heterocycles. The van der Waals surface area contributed by atoms with Crippen molar-refractivity contribution in [3.05, 3.63) is 29.8 Å². The maximum atomic E-state index is 12.7. The number of hydrogen-bond acceptors (Lipinski definition) is 1. The van der Waals surface area contributed by atoms with E-state index in [-0.39, 0.29) is 10.8 Å². The minimum atomic E-state index is -4.39. The van der Waals surface area contributed by atoms with Crippen LogP contribution in [-0.4, -0.2) is 11.7 Å². The lowest BCUT2D eigenvalue weighted by Gasteiger charge is -2.15. The van der Waals surface area contributed by atoms with E-state index in [0.29, 0.717) is 6.54 Å². The number of thiocarbonyl (C=S) groups is 1. The van der Waals surface area contributed by atoms with Gasteiger partial charge in [-0.1, -0.05) is 31.9 Å². The highest BCUT2D eigenvalue weighted by Gasteiger charge is 2.33. The van der Waals surface area contributed by atoms with Gasteiger partial charge < -0.3 is 10.6 Å². The van der Waals surface area contributed by atoms with Crippen LogP contribution in [0, 0.1) is 0 Å². The zero-order chi connectivity index (χ0) is 14.3. The molecule has 0 amide bonds. The molecule has 1 aromatic rings. The predicted octanol–water partition coefficient (Wildman–Crippen LogP) is 4.18. The Morgan fingerprint density at radius 3 is 2.53 bits per heavy atom. The third kappa shape index (κ3) is 5.46. The third-order valence-electron chi connectivity index (χ3n) is 2.55. The number of halogens is 3. The molecule has 0 bridgehead atoms. The van der Waals surface area contributed by atoms with Crippen LogP contribution in [0.5, 0.6) is 0 Å². The summed E-state index contributed by atoms with van der Waals surface area (Å²) in [6.07, 6.45) is -1.30. The Morgan fingerprint density at radius 2 is 1.89 bits per heavy atom. The first-order valence-corrected chi connectivity index (χ1v) is 6.57. The molecular formula is C13H17F3N2S. The molecule has 0 heterocycles. The van der Waals surface area contributed by atoms with Crippen LogP contribution in [0.25, 0.3) is 0 Å². The molecule has 19 heavy (non-hydrogen) atoms. The number of hydrogen-bond donors (Lipinski definition) is 2. The summed E-state index contributed by atoms with van der Waals surface area (Å²) in [5, 5.41) is 5.71. The van der Waals surface area contributed by atoms with Gasteiger partial charge >= 0.3 is 6.18 Å². The minimum absolute atomic E-state index is 0.0250. The average molecular weight is 290 g/mol. The molecule has 2 nitrogen and oxygen atoms in total. The van der Waals surface area contributed by atoms with Crippen LogP contribution in [0.4, 0.5) is 18.9 Å². The van der Waals surface area contributed by atoms with Crippen molar-refractivity contribution in [3.63, 3.8) is 0 Å². The molecule has 0 spiro atoms. The quantitative estimate of drug-likeness (QED) is 0.628. The summed E-state index contributed by atoms with van der Waals surface area (Å²) in [5.41, 5.74) is -0.740. The lowest BCUT2D eigenvalue weighted by Crippen LogP contribution is -2.30. The van der Waals surface area contributed by atoms with Crippen LogP contribution in [0.3, 0.4) is 0 Å². The number of rotatable bonds is 5. The maximum Gasteiger partial charge on any atom is 0.418 e. The summed E-state index contributed by atoms with van der Waals surface area (Å²) in [4.78, 5) is 0. The van der Waals surface area contributed by atoms with Crippen molar-refractivity contribution in [1.29, 1.82) is 0 Å². The van der Waals surface area contributed by atoms with Crippen molar-refractivity contribution in [2.75, 3.05) is 11.9 Å². The predicted molar refractivity (Wildman–Crippen MR) is 75.2 cm³/mol. The van der Waals surface area contributed by atoms with E-state index in [0.717, 1.165) is 25.3 Å². The van der Waals surface area contributed by atoms with Gasteiger partial charge in [0.15, 0.2) is 5.11 Å². The molecule has 0 atom stereocenters. The van der Waals surface area contributed by atoms with Gasteiger partial charge in [0.2, 0.25) is 0 Å². The molecular weight excluding hydrogens is 273 g/mol. The molecule has 0 aromatic heterocycles. The Balaban J connectivity index is 2.59. The van der Waals surface area contributed by atoms with Gasteiger partial charge in [0.25, 0.3) is 0 Å². The monoisotopic (exact) mass is 290 g/mol. The Labute approximate surface area is 116 Å². The highest BCUT2D eigenvalue weighted by Crippen LogP contribution is 2.34.